The number of benzene rings is 2. The van der Waals surface area contributed by atoms with E-state index in [1.807, 2.05) is 23.1 Å². The molecular formula is C23H26FN3O. The SMILES string of the molecule is CCCCCn1c([C@H]2CC(=O)N(Cc3ccc(F)cc3)C2)nc2ccccc21. The first-order valence-electron chi connectivity index (χ1n) is 10.1. The number of rotatable bonds is 7. The number of carbonyl (C=O) groups is 1. The largest absolute Gasteiger partial charge is 0.338 e. The number of unbranched alkanes of at least 4 members (excludes halogenated alkanes) is 2. The first-order chi connectivity index (χ1) is 13.7. The molecule has 0 saturated carbocycles. The van der Waals surface area contributed by atoms with Gasteiger partial charge >= 0.3 is 0 Å². The zero-order chi connectivity index (χ0) is 19.5. The number of likely N-dealkylation sites (tertiary alicyclic amines) is 1. The molecule has 3 aromatic rings. The monoisotopic (exact) mass is 379 g/mol. The van der Waals surface area contributed by atoms with E-state index in [9.17, 15) is 9.18 Å². The molecule has 4 nitrogen and oxygen atoms in total. The van der Waals surface area contributed by atoms with E-state index < -0.39 is 0 Å². The first kappa shape index (κ1) is 18.7. The maximum Gasteiger partial charge on any atom is 0.223 e. The van der Waals surface area contributed by atoms with Gasteiger partial charge in [0.1, 0.15) is 11.6 Å². The number of hydrogen-bond donors (Lipinski definition) is 0. The molecule has 1 fully saturated rings. The van der Waals surface area contributed by atoms with Gasteiger partial charge in [-0.2, -0.15) is 0 Å². The van der Waals surface area contributed by atoms with Crippen LogP contribution in [0.5, 0.6) is 0 Å². The molecule has 2 heterocycles. The zero-order valence-electron chi connectivity index (χ0n) is 16.3. The van der Waals surface area contributed by atoms with Crippen molar-refractivity contribution in [3.63, 3.8) is 0 Å². The van der Waals surface area contributed by atoms with E-state index in [0.717, 1.165) is 35.4 Å². The van der Waals surface area contributed by atoms with Crippen LogP contribution in [-0.4, -0.2) is 26.9 Å². The van der Waals surface area contributed by atoms with E-state index in [2.05, 4.69) is 17.6 Å². The van der Waals surface area contributed by atoms with Gasteiger partial charge in [0, 0.05) is 32.0 Å². The van der Waals surface area contributed by atoms with Gasteiger partial charge in [-0.15, -0.1) is 0 Å². The summed E-state index contributed by atoms with van der Waals surface area (Å²) in [7, 11) is 0. The van der Waals surface area contributed by atoms with Gasteiger partial charge in [0.2, 0.25) is 5.91 Å². The third-order valence-corrected chi connectivity index (χ3v) is 5.54. The number of amides is 1. The minimum atomic E-state index is -0.254. The molecule has 146 valence electrons. The fourth-order valence-corrected chi connectivity index (χ4v) is 4.07. The highest BCUT2D eigenvalue weighted by atomic mass is 19.1. The minimum Gasteiger partial charge on any atom is -0.338 e. The van der Waals surface area contributed by atoms with Crippen LogP contribution in [-0.2, 0) is 17.9 Å². The average molecular weight is 379 g/mol. The van der Waals surface area contributed by atoms with Crippen LogP contribution in [0.2, 0.25) is 0 Å². The van der Waals surface area contributed by atoms with Gasteiger partial charge in [-0.1, -0.05) is 44.0 Å². The zero-order valence-corrected chi connectivity index (χ0v) is 16.3. The van der Waals surface area contributed by atoms with Crippen LogP contribution in [0.1, 0.15) is 49.9 Å². The summed E-state index contributed by atoms with van der Waals surface area (Å²) in [5.41, 5.74) is 3.10. The van der Waals surface area contributed by atoms with Gasteiger partial charge in [0.05, 0.1) is 11.0 Å². The van der Waals surface area contributed by atoms with E-state index in [4.69, 9.17) is 4.98 Å². The molecule has 0 radical (unpaired) electrons. The predicted molar refractivity (Wildman–Crippen MR) is 108 cm³/mol. The third-order valence-electron chi connectivity index (χ3n) is 5.54. The Labute approximate surface area is 165 Å². The maximum atomic E-state index is 13.1. The van der Waals surface area contributed by atoms with Crippen molar-refractivity contribution in [2.75, 3.05) is 6.54 Å². The molecular weight excluding hydrogens is 353 g/mol. The smallest absolute Gasteiger partial charge is 0.223 e. The molecule has 1 aliphatic rings. The molecule has 1 saturated heterocycles. The highest BCUT2D eigenvalue weighted by molar-refractivity contribution is 5.81. The Morgan fingerprint density at radius 3 is 2.68 bits per heavy atom. The third kappa shape index (κ3) is 3.79. The lowest BCUT2D eigenvalue weighted by atomic mass is 10.1. The number of halogens is 1. The van der Waals surface area contributed by atoms with Crippen LogP contribution in [0.4, 0.5) is 4.39 Å². The Kier molecular flexibility index (Phi) is 5.42. The number of carbonyl (C=O) groups excluding carboxylic acids is 1. The number of fused-ring (bicyclic) bond motifs is 1. The lowest BCUT2D eigenvalue weighted by molar-refractivity contribution is -0.128. The molecule has 1 amide bonds. The summed E-state index contributed by atoms with van der Waals surface area (Å²) < 4.78 is 15.5. The van der Waals surface area contributed by atoms with Gasteiger partial charge < -0.3 is 9.47 Å². The number of hydrogen-bond acceptors (Lipinski definition) is 2. The highest BCUT2D eigenvalue weighted by Gasteiger charge is 2.33. The van der Waals surface area contributed by atoms with Crippen molar-refractivity contribution in [3.8, 4) is 0 Å². The molecule has 5 heteroatoms. The second-order valence-electron chi connectivity index (χ2n) is 7.62. The van der Waals surface area contributed by atoms with Crippen molar-refractivity contribution in [1.29, 1.82) is 0 Å². The lowest BCUT2D eigenvalue weighted by Crippen LogP contribution is -2.24. The molecule has 4 rings (SSSR count). The van der Waals surface area contributed by atoms with E-state index in [0.29, 0.717) is 19.5 Å². The van der Waals surface area contributed by atoms with E-state index in [1.165, 1.54) is 25.0 Å². The van der Waals surface area contributed by atoms with Crippen molar-refractivity contribution in [2.45, 2.75) is 51.6 Å². The molecule has 1 atom stereocenters. The fourth-order valence-electron chi connectivity index (χ4n) is 4.07. The quantitative estimate of drug-likeness (QED) is 0.549. The van der Waals surface area contributed by atoms with Gasteiger partial charge in [-0.25, -0.2) is 9.37 Å². The molecule has 0 unspecified atom stereocenters. The molecule has 2 aromatic carbocycles. The summed E-state index contributed by atoms with van der Waals surface area (Å²) >= 11 is 0. The van der Waals surface area contributed by atoms with E-state index in [1.54, 1.807) is 12.1 Å². The Morgan fingerprint density at radius 1 is 1.11 bits per heavy atom. The summed E-state index contributed by atoms with van der Waals surface area (Å²) in [6, 6.07) is 14.6. The van der Waals surface area contributed by atoms with Crippen molar-refractivity contribution in [3.05, 3.63) is 65.7 Å². The van der Waals surface area contributed by atoms with Crippen molar-refractivity contribution in [1.82, 2.24) is 14.5 Å². The molecule has 0 spiro atoms. The van der Waals surface area contributed by atoms with Crippen LogP contribution in [0.25, 0.3) is 11.0 Å². The second-order valence-corrected chi connectivity index (χ2v) is 7.62. The molecule has 1 aromatic heterocycles. The highest BCUT2D eigenvalue weighted by Crippen LogP contribution is 2.31. The van der Waals surface area contributed by atoms with Crippen LogP contribution >= 0.6 is 0 Å². The predicted octanol–water partition coefficient (Wildman–Crippen LogP) is 4.88. The van der Waals surface area contributed by atoms with Crippen LogP contribution in [0.15, 0.2) is 48.5 Å². The Balaban J connectivity index is 1.56. The van der Waals surface area contributed by atoms with E-state index >= 15 is 0 Å². The summed E-state index contributed by atoms with van der Waals surface area (Å²) in [5.74, 6) is 1.01. The summed E-state index contributed by atoms with van der Waals surface area (Å²) in [6.07, 6.45) is 3.96. The topological polar surface area (TPSA) is 38.1 Å². The minimum absolute atomic E-state index is 0.0991. The molecule has 28 heavy (non-hydrogen) atoms. The average Bonchev–Trinajstić information content (AvgIpc) is 3.25. The van der Waals surface area contributed by atoms with Gasteiger partial charge in [0.15, 0.2) is 0 Å². The number of aryl methyl sites for hydroxylation is 1. The number of imidazole rings is 1. The molecule has 0 N–H and O–H groups in total. The number of aromatic nitrogens is 2. The van der Waals surface area contributed by atoms with Crippen LogP contribution in [0, 0.1) is 5.82 Å². The normalized spacial score (nSPS) is 17.0. The van der Waals surface area contributed by atoms with E-state index in [-0.39, 0.29) is 17.6 Å². The Hall–Kier alpha value is -2.69. The van der Waals surface area contributed by atoms with Gasteiger partial charge in [0.25, 0.3) is 0 Å². The Morgan fingerprint density at radius 2 is 1.89 bits per heavy atom. The lowest BCUT2D eigenvalue weighted by Gasteiger charge is -2.17. The van der Waals surface area contributed by atoms with Crippen LogP contribution in [0.3, 0.4) is 0 Å². The summed E-state index contributed by atoms with van der Waals surface area (Å²) in [5, 5.41) is 0. The number of para-hydroxylation sites is 2. The fraction of sp³-hybridized carbons (Fsp3) is 0.391. The second kappa shape index (κ2) is 8.13. The first-order valence-corrected chi connectivity index (χ1v) is 10.1. The van der Waals surface area contributed by atoms with Crippen molar-refractivity contribution >= 4 is 16.9 Å². The number of nitrogens with zero attached hydrogens (tertiary/aromatic N) is 3. The Bertz CT molecular complexity index is 964. The van der Waals surface area contributed by atoms with Gasteiger partial charge in [-0.3, -0.25) is 4.79 Å². The molecule has 0 aliphatic carbocycles. The maximum absolute atomic E-state index is 13.1. The van der Waals surface area contributed by atoms with Crippen LogP contribution < -0.4 is 0 Å². The standard InChI is InChI=1S/C23H26FN3O/c1-2-3-6-13-27-21-8-5-4-7-20(21)25-23(27)18-14-22(28)26(16-18)15-17-9-11-19(24)12-10-17/h4-5,7-12,18H,2-3,6,13-16H2,1H3/t18-/m0/s1. The molecule has 0 bridgehead atoms. The summed E-state index contributed by atoms with van der Waals surface area (Å²) in [6.45, 7) is 4.32. The molecule has 1 aliphatic heterocycles. The van der Waals surface area contributed by atoms with Gasteiger partial charge in [-0.05, 0) is 36.2 Å². The summed E-state index contributed by atoms with van der Waals surface area (Å²) in [4.78, 5) is 19.4. The van der Waals surface area contributed by atoms with Crippen molar-refractivity contribution in [2.24, 2.45) is 0 Å². The van der Waals surface area contributed by atoms with Crippen molar-refractivity contribution < 1.29 is 9.18 Å².